The first kappa shape index (κ1) is 21.5. The third-order valence-electron chi connectivity index (χ3n) is 4.64. The van der Waals surface area contributed by atoms with Crippen molar-refractivity contribution in [3.05, 3.63) is 69.5 Å². The molecule has 1 N–H and O–H groups in total. The standard InChI is InChI=1S/C19H16Cl2N2O4S3/c20-14-6-8-16(21)18(11-14)29(24,25)22-15-7-5-13-3-1-9-23(17(13)12-15)30(26,27)19-4-2-10-28-19/h2,4-8,10-12,22H,1,3,9H2. The Kier molecular flexibility index (Phi) is 5.75. The summed E-state index contributed by atoms with van der Waals surface area (Å²) >= 11 is 13.1. The topological polar surface area (TPSA) is 83.6 Å². The van der Waals surface area contributed by atoms with Gasteiger partial charge in [0, 0.05) is 11.6 Å². The van der Waals surface area contributed by atoms with E-state index in [1.807, 2.05) is 0 Å². The van der Waals surface area contributed by atoms with E-state index in [4.69, 9.17) is 23.2 Å². The summed E-state index contributed by atoms with van der Waals surface area (Å²) in [4.78, 5) is -0.155. The molecule has 0 aliphatic carbocycles. The summed E-state index contributed by atoms with van der Waals surface area (Å²) in [7, 11) is -7.74. The number of nitrogens with zero attached hydrogens (tertiary/aromatic N) is 1. The number of halogens is 2. The van der Waals surface area contributed by atoms with Crippen molar-refractivity contribution in [1.29, 1.82) is 0 Å². The van der Waals surface area contributed by atoms with Gasteiger partial charge in [0.1, 0.15) is 9.10 Å². The summed E-state index contributed by atoms with van der Waals surface area (Å²) in [5.74, 6) is 0. The summed E-state index contributed by atoms with van der Waals surface area (Å²) in [6.07, 6.45) is 1.39. The quantitative estimate of drug-likeness (QED) is 0.532. The second kappa shape index (κ2) is 8.05. The molecule has 158 valence electrons. The summed E-state index contributed by atoms with van der Waals surface area (Å²) < 4.78 is 55.8. The molecular formula is C19H16Cl2N2O4S3. The number of hydrogen-bond donors (Lipinski definition) is 1. The van der Waals surface area contributed by atoms with Crippen molar-refractivity contribution in [2.24, 2.45) is 0 Å². The van der Waals surface area contributed by atoms with Crippen LogP contribution in [0.4, 0.5) is 11.4 Å². The van der Waals surface area contributed by atoms with Gasteiger partial charge in [0.2, 0.25) is 0 Å². The molecule has 3 aromatic rings. The summed E-state index contributed by atoms with van der Waals surface area (Å²) in [6.45, 7) is 0.323. The van der Waals surface area contributed by atoms with E-state index >= 15 is 0 Å². The van der Waals surface area contributed by atoms with Crippen molar-refractivity contribution in [3.8, 4) is 0 Å². The average Bonchev–Trinajstić information content (AvgIpc) is 3.24. The smallest absolute Gasteiger partial charge is 0.273 e. The highest BCUT2D eigenvalue weighted by Gasteiger charge is 2.30. The van der Waals surface area contributed by atoms with Gasteiger partial charge < -0.3 is 0 Å². The predicted octanol–water partition coefficient (Wildman–Crippen LogP) is 5.00. The van der Waals surface area contributed by atoms with Crippen molar-refractivity contribution in [2.75, 3.05) is 15.6 Å². The molecule has 0 bridgehead atoms. The van der Waals surface area contributed by atoms with Gasteiger partial charge in [-0.15, -0.1) is 11.3 Å². The molecule has 0 fully saturated rings. The van der Waals surface area contributed by atoms with Gasteiger partial charge in [-0.05, 0) is 60.2 Å². The Hall–Kier alpha value is -1.78. The van der Waals surface area contributed by atoms with Crippen LogP contribution in [0.2, 0.25) is 10.0 Å². The van der Waals surface area contributed by atoms with Crippen molar-refractivity contribution in [3.63, 3.8) is 0 Å². The van der Waals surface area contributed by atoms with Crippen molar-refractivity contribution >= 4 is 66.0 Å². The zero-order valence-electron chi connectivity index (χ0n) is 15.4. The maximum Gasteiger partial charge on any atom is 0.273 e. The molecule has 0 amide bonds. The van der Waals surface area contributed by atoms with Gasteiger partial charge in [0.05, 0.1) is 16.4 Å². The zero-order chi connectivity index (χ0) is 21.5. The normalized spacial score (nSPS) is 14.4. The number of anilines is 2. The summed E-state index contributed by atoms with van der Waals surface area (Å²) in [5, 5.41) is 1.97. The fourth-order valence-electron chi connectivity index (χ4n) is 3.27. The lowest BCUT2D eigenvalue weighted by Crippen LogP contribution is -2.35. The maximum absolute atomic E-state index is 13.1. The molecule has 0 radical (unpaired) electrons. The number of hydrogen-bond acceptors (Lipinski definition) is 5. The maximum atomic E-state index is 13.1. The largest absolute Gasteiger partial charge is 0.280 e. The summed E-state index contributed by atoms with van der Waals surface area (Å²) in [5.41, 5.74) is 1.54. The Morgan fingerprint density at radius 3 is 2.53 bits per heavy atom. The van der Waals surface area contributed by atoms with Crippen LogP contribution in [-0.4, -0.2) is 23.4 Å². The van der Waals surface area contributed by atoms with E-state index in [9.17, 15) is 16.8 Å². The van der Waals surface area contributed by atoms with Gasteiger partial charge in [0.25, 0.3) is 20.0 Å². The number of thiophene rings is 1. The Balaban J connectivity index is 1.72. The van der Waals surface area contributed by atoms with E-state index in [0.29, 0.717) is 25.1 Å². The molecule has 0 spiro atoms. The van der Waals surface area contributed by atoms with Gasteiger partial charge in [-0.3, -0.25) is 9.03 Å². The Bertz CT molecular complexity index is 1310. The van der Waals surface area contributed by atoms with Crippen LogP contribution in [0, 0.1) is 0 Å². The molecule has 0 saturated heterocycles. The molecule has 1 aromatic heterocycles. The number of rotatable bonds is 5. The molecule has 4 rings (SSSR count). The van der Waals surface area contributed by atoms with E-state index in [1.54, 1.807) is 29.6 Å². The molecule has 0 unspecified atom stereocenters. The van der Waals surface area contributed by atoms with Gasteiger partial charge in [-0.2, -0.15) is 0 Å². The molecule has 2 heterocycles. The molecular weight excluding hydrogens is 487 g/mol. The lowest BCUT2D eigenvalue weighted by molar-refractivity contribution is 0.588. The first-order valence-electron chi connectivity index (χ1n) is 8.85. The lowest BCUT2D eigenvalue weighted by Gasteiger charge is -2.30. The lowest BCUT2D eigenvalue weighted by atomic mass is 10.0. The second-order valence-corrected chi connectivity index (χ2v) is 12.2. The monoisotopic (exact) mass is 502 g/mol. The van der Waals surface area contributed by atoms with E-state index in [1.165, 1.54) is 28.6 Å². The predicted molar refractivity (Wildman–Crippen MR) is 121 cm³/mol. The number of aryl methyl sites for hydroxylation is 1. The van der Waals surface area contributed by atoms with Gasteiger partial charge in [-0.1, -0.05) is 35.3 Å². The van der Waals surface area contributed by atoms with Crippen LogP contribution in [0.5, 0.6) is 0 Å². The van der Waals surface area contributed by atoms with E-state index < -0.39 is 20.0 Å². The van der Waals surface area contributed by atoms with Crippen molar-refractivity contribution in [2.45, 2.75) is 21.9 Å². The Morgan fingerprint density at radius 1 is 1.00 bits per heavy atom. The highest BCUT2D eigenvalue weighted by molar-refractivity contribution is 7.94. The highest BCUT2D eigenvalue weighted by atomic mass is 35.5. The van der Waals surface area contributed by atoms with Crippen LogP contribution in [0.15, 0.2) is 63.0 Å². The van der Waals surface area contributed by atoms with Gasteiger partial charge in [0.15, 0.2) is 0 Å². The van der Waals surface area contributed by atoms with E-state index in [0.717, 1.165) is 16.9 Å². The van der Waals surface area contributed by atoms with Crippen LogP contribution in [0.25, 0.3) is 0 Å². The third-order valence-corrected chi connectivity index (χ3v) is 9.92. The molecule has 30 heavy (non-hydrogen) atoms. The average molecular weight is 503 g/mol. The highest BCUT2D eigenvalue weighted by Crippen LogP contribution is 2.36. The first-order chi connectivity index (χ1) is 14.2. The molecule has 6 nitrogen and oxygen atoms in total. The van der Waals surface area contributed by atoms with Crippen molar-refractivity contribution in [1.82, 2.24) is 0 Å². The van der Waals surface area contributed by atoms with E-state index in [2.05, 4.69) is 4.72 Å². The number of fused-ring (bicyclic) bond motifs is 1. The summed E-state index contributed by atoms with van der Waals surface area (Å²) in [6, 6.07) is 12.3. The number of nitrogens with one attached hydrogen (secondary N) is 1. The van der Waals surface area contributed by atoms with Crippen LogP contribution >= 0.6 is 34.5 Å². The van der Waals surface area contributed by atoms with E-state index in [-0.39, 0.29) is 24.8 Å². The molecule has 0 saturated carbocycles. The van der Waals surface area contributed by atoms with Gasteiger partial charge in [-0.25, -0.2) is 16.8 Å². The zero-order valence-corrected chi connectivity index (χ0v) is 19.3. The second-order valence-electron chi connectivity index (χ2n) is 6.64. The molecule has 1 aliphatic rings. The molecule has 0 atom stereocenters. The minimum Gasteiger partial charge on any atom is -0.280 e. The molecule has 2 aromatic carbocycles. The van der Waals surface area contributed by atoms with Crippen LogP contribution < -0.4 is 9.03 Å². The fourth-order valence-corrected chi connectivity index (χ4v) is 7.72. The molecule has 11 heteroatoms. The Labute approximate surface area is 189 Å². The van der Waals surface area contributed by atoms with Crippen LogP contribution in [0.3, 0.4) is 0 Å². The Morgan fingerprint density at radius 2 is 1.80 bits per heavy atom. The minimum absolute atomic E-state index is 0.0340. The molecule has 1 aliphatic heterocycles. The number of benzene rings is 2. The third kappa shape index (κ3) is 4.04. The first-order valence-corrected chi connectivity index (χ1v) is 13.4. The van der Waals surface area contributed by atoms with Gasteiger partial charge >= 0.3 is 0 Å². The number of sulfonamides is 2. The SMILES string of the molecule is O=S(=O)(Nc1ccc2c(c1)N(S(=O)(=O)c1cccs1)CCC2)c1cc(Cl)ccc1Cl. The fraction of sp³-hybridized carbons (Fsp3) is 0.158. The van der Waals surface area contributed by atoms with Crippen molar-refractivity contribution < 1.29 is 16.8 Å². The van der Waals surface area contributed by atoms with Crippen LogP contribution in [0.1, 0.15) is 12.0 Å². The van der Waals surface area contributed by atoms with Crippen LogP contribution in [-0.2, 0) is 26.5 Å². The minimum atomic E-state index is -4.02.